The van der Waals surface area contributed by atoms with E-state index in [9.17, 15) is 14.9 Å². The number of rotatable bonds is 1. The summed E-state index contributed by atoms with van der Waals surface area (Å²) in [7, 11) is 0. The van der Waals surface area contributed by atoms with Crippen LogP contribution in [0, 0.1) is 45.8 Å². The summed E-state index contributed by atoms with van der Waals surface area (Å²) in [5, 5.41) is 9.95. The van der Waals surface area contributed by atoms with Crippen LogP contribution in [0.1, 0.15) is 78.1 Å². The molecule has 4 aliphatic carbocycles. The fourth-order valence-corrected chi connectivity index (χ4v) is 7.42. The number of fused-ring (bicyclic) bond motifs is 5. The molecule has 0 bridgehead atoms. The lowest BCUT2D eigenvalue weighted by atomic mass is 9.43. The lowest BCUT2D eigenvalue weighted by Crippen LogP contribution is -2.56. The number of carbonyl (C=O) groups is 2. The van der Waals surface area contributed by atoms with Crippen LogP contribution in [0.2, 0.25) is 0 Å². The van der Waals surface area contributed by atoms with E-state index in [0.29, 0.717) is 47.7 Å². The lowest BCUT2D eigenvalue weighted by Gasteiger charge is -2.61. The number of ketones is 1. The van der Waals surface area contributed by atoms with Gasteiger partial charge in [0, 0.05) is 19.8 Å². The molecule has 0 heterocycles. The average molecular weight is 357 g/mol. The van der Waals surface area contributed by atoms with Gasteiger partial charge in [-0.1, -0.05) is 6.92 Å². The zero-order valence-electron chi connectivity index (χ0n) is 16.1. The van der Waals surface area contributed by atoms with Gasteiger partial charge in [-0.2, -0.15) is 5.26 Å². The first kappa shape index (κ1) is 18.0. The molecule has 0 aliphatic heterocycles. The monoisotopic (exact) mass is 357 g/mol. The van der Waals surface area contributed by atoms with Gasteiger partial charge in [-0.05, 0) is 80.5 Å². The maximum absolute atomic E-state index is 12.1. The molecular weight excluding hydrogens is 326 g/mol. The van der Waals surface area contributed by atoms with Gasteiger partial charge in [0.25, 0.3) is 0 Å². The van der Waals surface area contributed by atoms with E-state index < -0.39 is 0 Å². The molecule has 2 unspecified atom stereocenters. The molecule has 0 aromatic rings. The summed E-state index contributed by atoms with van der Waals surface area (Å²) in [6.07, 6.45) is 9.64. The Morgan fingerprint density at radius 1 is 1.15 bits per heavy atom. The number of hydrogen-bond acceptors (Lipinski definition) is 4. The molecule has 4 fully saturated rings. The predicted octanol–water partition coefficient (Wildman–Crippen LogP) is 4.42. The normalized spacial score (nSPS) is 47.7. The lowest BCUT2D eigenvalue weighted by molar-refractivity contribution is -0.162. The van der Waals surface area contributed by atoms with Crippen molar-refractivity contribution in [2.24, 2.45) is 34.5 Å². The molecule has 0 aromatic carbocycles. The summed E-state index contributed by atoms with van der Waals surface area (Å²) >= 11 is 0. The third-order valence-corrected chi connectivity index (χ3v) is 8.63. The summed E-state index contributed by atoms with van der Waals surface area (Å²) in [4.78, 5) is 23.4. The molecule has 142 valence electrons. The first-order valence-electron chi connectivity index (χ1n) is 10.5. The molecule has 4 rings (SSSR count). The highest BCUT2D eigenvalue weighted by Crippen LogP contribution is 2.65. The second-order valence-electron chi connectivity index (χ2n) is 9.72. The Hall–Kier alpha value is -1.37. The van der Waals surface area contributed by atoms with Gasteiger partial charge < -0.3 is 4.74 Å². The van der Waals surface area contributed by atoms with Crippen LogP contribution < -0.4 is 0 Å². The first-order chi connectivity index (χ1) is 12.4. The van der Waals surface area contributed by atoms with E-state index in [0.717, 1.165) is 38.5 Å². The van der Waals surface area contributed by atoms with E-state index in [2.05, 4.69) is 13.0 Å². The molecule has 4 saturated carbocycles. The van der Waals surface area contributed by atoms with Crippen molar-refractivity contribution < 1.29 is 14.3 Å². The first-order valence-corrected chi connectivity index (χ1v) is 10.5. The van der Waals surface area contributed by atoms with Gasteiger partial charge in [-0.3, -0.25) is 9.59 Å². The van der Waals surface area contributed by atoms with E-state index in [4.69, 9.17) is 4.74 Å². The quantitative estimate of drug-likeness (QED) is 0.651. The van der Waals surface area contributed by atoms with E-state index in [-0.39, 0.29) is 17.5 Å². The smallest absolute Gasteiger partial charge is 0.302 e. The van der Waals surface area contributed by atoms with E-state index in [1.54, 1.807) is 0 Å². The maximum atomic E-state index is 12.1. The summed E-state index contributed by atoms with van der Waals surface area (Å²) < 4.78 is 5.53. The number of nitrogens with zero attached hydrogens (tertiary/aromatic N) is 1. The second-order valence-corrected chi connectivity index (χ2v) is 9.72. The molecule has 26 heavy (non-hydrogen) atoms. The van der Waals surface area contributed by atoms with Crippen LogP contribution in [0.25, 0.3) is 0 Å². The van der Waals surface area contributed by atoms with Crippen molar-refractivity contribution in [3.8, 4) is 6.07 Å². The highest BCUT2D eigenvalue weighted by molar-refractivity contribution is 5.80. The highest BCUT2D eigenvalue weighted by Gasteiger charge is 2.59. The number of carbonyl (C=O) groups excluding carboxylic acids is 2. The van der Waals surface area contributed by atoms with Gasteiger partial charge >= 0.3 is 5.97 Å². The van der Waals surface area contributed by atoms with Crippen LogP contribution in [0.15, 0.2) is 0 Å². The SMILES string of the molecule is CC(=O)O[C@H]1CC[C@@]2(C)C(CC[C@H]3[C@@H]4CCC(=O)CC4(C#N)CC[C@@H]32)C1. The Labute approximate surface area is 156 Å². The predicted molar refractivity (Wildman–Crippen MR) is 96.8 cm³/mol. The van der Waals surface area contributed by atoms with Gasteiger partial charge in [0.05, 0.1) is 11.5 Å². The summed E-state index contributed by atoms with van der Waals surface area (Å²) in [6, 6.07) is 2.62. The van der Waals surface area contributed by atoms with Gasteiger partial charge in [0.1, 0.15) is 11.9 Å². The van der Waals surface area contributed by atoms with Crippen molar-refractivity contribution in [2.45, 2.75) is 84.2 Å². The summed E-state index contributed by atoms with van der Waals surface area (Å²) in [6.45, 7) is 3.98. The highest BCUT2D eigenvalue weighted by atomic mass is 16.5. The molecule has 0 N–H and O–H groups in total. The fourth-order valence-electron chi connectivity index (χ4n) is 7.42. The molecule has 4 heteroatoms. The Morgan fingerprint density at radius 3 is 2.69 bits per heavy atom. The minimum Gasteiger partial charge on any atom is -0.463 e. The second kappa shape index (κ2) is 6.36. The number of ether oxygens (including phenoxy) is 1. The van der Waals surface area contributed by atoms with E-state index in [1.165, 1.54) is 19.8 Å². The number of nitriles is 1. The largest absolute Gasteiger partial charge is 0.463 e. The molecule has 4 aliphatic rings. The summed E-state index contributed by atoms with van der Waals surface area (Å²) in [5.74, 6) is 2.44. The van der Waals surface area contributed by atoms with Crippen molar-refractivity contribution in [1.29, 1.82) is 5.26 Å². The molecule has 0 aromatic heterocycles. The van der Waals surface area contributed by atoms with Crippen LogP contribution in [-0.4, -0.2) is 17.9 Å². The van der Waals surface area contributed by atoms with Gasteiger partial charge in [-0.15, -0.1) is 0 Å². The third kappa shape index (κ3) is 2.70. The molecule has 0 radical (unpaired) electrons. The van der Waals surface area contributed by atoms with Crippen LogP contribution in [0.3, 0.4) is 0 Å². The number of hydrogen-bond donors (Lipinski definition) is 0. The molecule has 4 nitrogen and oxygen atoms in total. The Kier molecular flexibility index (Phi) is 4.40. The zero-order valence-corrected chi connectivity index (χ0v) is 16.1. The molecular formula is C22H31NO3. The number of esters is 1. The standard InChI is InChI=1S/C22H31NO3/c1-14(24)26-17-7-9-21(2)15(11-17)3-5-18-19(21)8-10-22(13-23)12-16(25)4-6-20(18)22/h15,17-20H,3-12H2,1-2H3/t15?,17-,18+,19-,20-,21-,22?/m0/s1. The van der Waals surface area contributed by atoms with Gasteiger partial charge in [0.15, 0.2) is 0 Å². The van der Waals surface area contributed by atoms with E-state index in [1.807, 2.05) is 0 Å². The molecule has 0 spiro atoms. The Bertz CT molecular complexity index is 652. The third-order valence-electron chi connectivity index (χ3n) is 8.63. The van der Waals surface area contributed by atoms with Crippen molar-refractivity contribution in [1.82, 2.24) is 0 Å². The fraction of sp³-hybridized carbons (Fsp3) is 0.864. The van der Waals surface area contributed by atoms with Gasteiger partial charge in [0.2, 0.25) is 0 Å². The number of Topliss-reactive ketones (excluding diaryl/α,β-unsaturated/α-hetero) is 1. The molecule has 7 atom stereocenters. The zero-order chi connectivity index (χ0) is 18.5. The van der Waals surface area contributed by atoms with Crippen LogP contribution >= 0.6 is 0 Å². The maximum Gasteiger partial charge on any atom is 0.302 e. The summed E-state index contributed by atoms with van der Waals surface area (Å²) in [5.41, 5.74) is -0.0721. The molecule has 0 amide bonds. The Balaban J connectivity index is 1.56. The van der Waals surface area contributed by atoms with Crippen LogP contribution in [0.4, 0.5) is 0 Å². The minimum atomic E-state index is -0.380. The van der Waals surface area contributed by atoms with Crippen molar-refractivity contribution >= 4 is 11.8 Å². The van der Waals surface area contributed by atoms with Crippen LogP contribution in [-0.2, 0) is 14.3 Å². The minimum absolute atomic E-state index is 0.0937. The van der Waals surface area contributed by atoms with E-state index >= 15 is 0 Å². The van der Waals surface area contributed by atoms with Crippen LogP contribution in [0.5, 0.6) is 0 Å². The van der Waals surface area contributed by atoms with Gasteiger partial charge in [-0.25, -0.2) is 0 Å². The van der Waals surface area contributed by atoms with Crippen molar-refractivity contribution in [2.75, 3.05) is 0 Å². The topological polar surface area (TPSA) is 67.2 Å². The average Bonchev–Trinajstić information content (AvgIpc) is 2.60. The Morgan fingerprint density at radius 2 is 1.96 bits per heavy atom. The van der Waals surface area contributed by atoms with Crippen molar-refractivity contribution in [3.63, 3.8) is 0 Å². The van der Waals surface area contributed by atoms with Crippen molar-refractivity contribution in [3.05, 3.63) is 0 Å². The molecule has 0 saturated heterocycles.